The van der Waals surface area contributed by atoms with E-state index in [0.717, 1.165) is 22.8 Å². The van der Waals surface area contributed by atoms with Gasteiger partial charge in [-0.15, -0.1) is 0 Å². The molecule has 0 bridgehead atoms. The van der Waals surface area contributed by atoms with Crippen molar-refractivity contribution in [1.82, 2.24) is 9.88 Å². The lowest BCUT2D eigenvalue weighted by atomic mass is 9.88. The fraction of sp³-hybridized carbons (Fsp3) is 0.267. The maximum Gasteiger partial charge on any atom is 0.234 e. The molecule has 1 saturated heterocycles. The third kappa shape index (κ3) is 1.82. The van der Waals surface area contributed by atoms with Gasteiger partial charge in [-0.3, -0.25) is 19.7 Å². The van der Waals surface area contributed by atoms with Gasteiger partial charge in [-0.05, 0) is 24.1 Å². The molecule has 20 heavy (non-hydrogen) atoms. The number of nitrogens with one attached hydrogen (secondary N) is 1. The predicted octanol–water partition coefficient (Wildman–Crippen LogP) is 1.51. The van der Waals surface area contributed by atoms with Gasteiger partial charge in [0.25, 0.3) is 0 Å². The summed E-state index contributed by atoms with van der Waals surface area (Å²) in [6.45, 7) is 0. The largest absolute Gasteiger partial charge is 0.341 e. The van der Waals surface area contributed by atoms with E-state index in [-0.39, 0.29) is 17.7 Å². The summed E-state index contributed by atoms with van der Waals surface area (Å²) in [6, 6.07) is 7.46. The Bertz CT molecular complexity index is 730. The van der Waals surface area contributed by atoms with Crippen LogP contribution in [0.3, 0.4) is 0 Å². The molecule has 1 atom stereocenters. The Labute approximate surface area is 115 Å². The fourth-order valence-corrected chi connectivity index (χ4v) is 2.81. The van der Waals surface area contributed by atoms with Crippen LogP contribution in [-0.4, -0.2) is 22.7 Å². The van der Waals surface area contributed by atoms with Crippen molar-refractivity contribution in [2.24, 2.45) is 7.05 Å². The van der Waals surface area contributed by atoms with Gasteiger partial charge in [-0.25, -0.2) is 0 Å². The molecule has 0 radical (unpaired) electrons. The third-order valence-corrected chi connectivity index (χ3v) is 3.89. The second-order valence-electron chi connectivity index (χ2n) is 5.03. The van der Waals surface area contributed by atoms with Crippen molar-refractivity contribution in [1.29, 1.82) is 0 Å². The summed E-state index contributed by atoms with van der Waals surface area (Å²) < 4.78 is 1.80. The SMILES string of the molecule is Cn1c(C=O)cc2c(C3CCC(=O)NC3=O)cccc21. The van der Waals surface area contributed by atoms with Crippen LogP contribution in [0.4, 0.5) is 0 Å². The molecule has 2 heterocycles. The smallest absolute Gasteiger partial charge is 0.234 e. The van der Waals surface area contributed by atoms with Crippen molar-refractivity contribution < 1.29 is 14.4 Å². The summed E-state index contributed by atoms with van der Waals surface area (Å²) in [5.41, 5.74) is 2.35. The highest BCUT2D eigenvalue weighted by molar-refractivity contribution is 6.03. The predicted molar refractivity (Wildman–Crippen MR) is 73.4 cm³/mol. The van der Waals surface area contributed by atoms with Gasteiger partial charge in [0.2, 0.25) is 11.8 Å². The quantitative estimate of drug-likeness (QED) is 0.664. The number of benzene rings is 1. The third-order valence-electron chi connectivity index (χ3n) is 3.89. The Hall–Kier alpha value is -2.43. The summed E-state index contributed by atoms with van der Waals surface area (Å²) in [5.74, 6) is -0.816. The minimum atomic E-state index is -0.335. The summed E-state index contributed by atoms with van der Waals surface area (Å²) in [6.07, 6.45) is 1.66. The Balaban J connectivity index is 2.14. The van der Waals surface area contributed by atoms with E-state index in [1.165, 1.54) is 0 Å². The maximum absolute atomic E-state index is 12.0. The molecule has 1 N–H and O–H groups in total. The highest BCUT2D eigenvalue weighted by Gasteiger charge is 2.29. The summed E-state index contributed by atoms with van der Waals surface area (Å²) in [4.78, 5) is 34.3. The zero-order valence-corrected chi connectivity index (χ0v) is 11.1. The molecule has 2 aromatic rings. The molecule has 3 rings (SSSR count). The zero-order chi connectivity index (χ0) is 14.3. The average molecular weight is 270 g/mol. The number of piperidine rings is 1. The standard InChI is InChI=1S/C15H14N2O3/c1-17-9(8-18)7-12-10(3-2-4-13(12)17)11-5-6-14(19)16-15(11)20/h2-4,7-8,11H,5-6H2,1H3,(H,16,19,20). The number of rotatable bonds is 2. The minimum absolute atomic E-state index is 0.222. The van der Waals surface area contributed by atoms with E-state index in [4.69, 9.17) is 0 Å². The lowest BCUT2D eigenvalue weighted by molar-refractivity contribution is -0.134. The van der Waals surface area contributed by atoms with E-state index in [2.05, 4.69) is 5.32 Å². The van der Waals surface area contributed by atoms with Crippen molar-refractivity contribution in [3.8, 4) is 0 Å². The first-order chi connectivity index (χ1) is 9.61. The number of hydrogen-bond acceptors (Lipinski definition) is 3. The van der Waals surface area contributed by atoms with E-state index in [1.807, 2.05) is 25.2 Å². The number of aryl methyl sites for hydroxylation is 1. The number of fused-ring (bicyclic) bond motifs is 1. The normalized spacial score (nSPS) is 19.1. The number of imide groups is 1. The van der Waals surface area contributed by atoms with E-state index < -0.39 is 0 Å². The molecular formula is C15H14N2O3. The van der Waals surface area contributed by atoms with Crippen LogP contribution >= 0.6 is 0 Å². The van der Waals surface area contributed by atoms with Gasteiger partial charge in [-0.2, -0.15) is 0 Å². The fourth-order valence-electron chi connectivity index (χ4n) is 2.81. The molecule has 0 aliphatic carbocycles. The van der Waals surface area contributed by atoms with Crippen LogP contribution in [0.25, 0.3) is 10.9 Å². The summed E-state index contributed by atoms with van der Waals surface area (Å²) >= 11 is 0. The van der Waals surface area contributed by atoms with Gasteiger partial charge in [-0.1, -0.05) is 12.1 Å². The number of aldehydes is 1. The summed E-state index contributed by atoms with van der Waals surface area (Å²) in [7, 11) is 1.82. The zero-order valence-electron chi connectivity index (χ0n) is 11.1. The molecule has 102 valence electrons. The van der Waals surface area contributed by atoms with Crippen molar-refractivity contribution in [3.63, 3.8) is 0 Å². The van der Waals surface area contributed by atoms with Gasteiger partial charge in [0.1, 0.15) is 0 Å². The molecule has 2 amide bonds. The van der Waals surface area contributed by atoms with Crippen LogP contribution in [-0.2, 0) is 16.6 Å². The molecule has 0 spiro atoms. The van der Waals surface area contributed by atoms with E-state index in [1.54, 1.807) is 10.6 Å². The molecule has 1 aliphatic rings. The number of carbonyl (C=O) groups excluding carboxylic acids is 3. The van der Waals surface area contributed by atoms with Gasteiger partial charge in [0.05, 0.1) is 11.6 Å². The Morgan fingerprint density at radius 3 is 2.85 bits per heavy atom. The highest BCUT2D eigenvalue weighted by Crippen LogP contribution is 2.32. The second kappa shape index (κ2) is 4.59. The maximum atomic E-state index is 12.0. The summed E-state index contributed by atoms with van der Waals surface area (Å²) in [5, 5.41) is 3.27. The Kier molecular flexibility index (Phi) is 2.89. The number of aromatic nitrogens is 1. The molecule has 5 heteroatoms. The number of hydrogen-bond donors (Lipinski definition) is 1. The van der Waals surface area contributed by atoms with Crippen molar-refractivity contribution in [3.05, 3.63) is 35.5 Å². The van der Waals surface area contributed by atoms with Gasteiger partial charge >= 0.3 is 0 Å². The Morgan fingerprint density at radius 2 is 2.15 bits per heavy atom. The van der Waals surface area contributed by atoms with Crippen LogP contribution in [0.1, 0.15) is 34.8 Å². The van der Waals surface area contributed by atoms with Gasteiger partial charge < -0.3 is 4.57 Å². The molecule has 1 fully saturated rings. The van der Waals surface area contributed by atoms with Crippen molar-refractivity contribution in [2.75, 3.05) is 0 Å². The van der Waals surface area contributed by atoms with Crippen LogP contribution in [0, 0.1) is 0 Å². The average Bonchev–Trinajstić information content (AvgIpc) is 2.76. The van der Waals surface area contributed by atoms with Crippen LogP contribution < -0.4 is 5.32 Å². The Morgan fingerprint density at radius 1 is 1.35 bits per heavy atom. The first kappa shape index (κ1) is 12.6. The monoisotopic (exact) mass is 270 g/mol. The molecule has 0 saturated carbocycles. The molecule has 1 aromatic carbocycles. The first-order valence-corrected chi connectivity index (χ1v) is 6.49. The molecule has 1 aromatic heterocycles. The van der Waals surface area contributed by atoms with E-state index in [0.29, 0.717) is 18.5 Å². The number of carbonyl (C=O) groups is 3. The second-order valence-corrected chi connectivity index (χ2v) is 5.03. The van der Waals surface area contributed by atoms with Crippen LogP contribution in [0.15, 0.2) is 24.3 Å². The van der Waals surface area contributed by atoms with Crippen molar-refractivity contribution in [2.45, 2.75) is 18.8 Å². The number of amides is 2. The van der Waals surface area contributed by atoms with Crippen LogP contribution in [0.5, 0.6) is 0 Å². The minimum Gasteiger partial charge on any atom is -0.341 e. The topological polar surface area (TPSA) is 68.2 Å². The molecular weight excluding hydrogens is 256 g/mol. The van der Waals surface area contributed by atoms with Crippen molar-refractivity contribution >= 4 is 29.0 Å². The highest BCUT2D eigenvalue weighted by atomic mass is 16.2. The number of nitrogens with zero attached hydrogens (tertiary/aromatic N) is 1. The molecule has 1 aliphatic heterocycles. The van der Waals surface area contributed by atoms with E-state index >= 15 is 0 Å². The van der Waals surface area contributed by atoms with Crippen LogP contribution in [0.2, 0.25) is 0 Å². The van der Waals surface area contributed by atoms with E-state index in [9.17, 15) is 14.4 Å². The lowest BCUT2D eigenvalue weighted by Crippen LogP contribution is -2.39. The molecule has 5 nitrogen and oxygen atoms in total. The van der Waals surface area contributed by atoms with Gasteiger partial charge in [0.15, 0.2) is 6.29 Å². The first-order valence-electron chi connectivity index (χ1n) is 6.49. The van der Waals surface area contributed by atoms with Gasteiger partial charge in [0, 0.05) is 24.4 Å². The molecule has 1 unspecified atom stereocenters. The lowest BCUT2D eigenvalue weighted by Gasteiger charge is -2.21.